The van der Waals surface area contributed by atoms with Gasteiger partial charge in [0, 0.05) is 25.5 Å². The molecule has 94 valence electrons. The molecule has 1 amide bonds. The minimum absolute atomic E-state index is 0.0799. The molecule has 0 atom stereocenters. The molecule has 7 nitrogen and oxygen atoms in total. The monoisotopic (exact) mass is 246 g/mol. The molecule has 4 N–H and O–H groups in total. The van der Waals surface area contributed by atoms with E-state index < -0.39 is 5.91 Å². The number of hydrogen-bond donors (Lipinski definition) is 3. The summed E-state index contributed by atoms with van der Waals surface area (Å²) >= 11 is 0. The van der Waals surface area contributed by atoms with Gasteiger partial charge in [0.2, 0.25) is 0 Å². The van der Waals surface area contributed by atoms with E-state index in [9.17, 15) is 4.79 Å². The lowest BCUT2D eigenvalue weighted by Crippen LogP contribution is -2.15. The molecule has 18 heavy (non-hydrogen) atoms. The second kappa shape index (κ2) is 4.74. The van der Waals surface area contributed by atoms with Crippen LogP contribution in [-0.2, 0) is 0 Å². The zero-order valence-corrected chi connectivity index (χ0v) is 10.1. The van der Waals surface area contributed by atoms with Gasteiger partial charge in [-0.3, -0.25) is 4.79 Å². The zero-order valence-electron chi connectivity index (χ0n) is 10.1. The van der Waals surface area contributed by atoms with Gasteiger partial charge in [0.05, 0.1) is 0 Å². The molecule has 7 heteroatoms. The molecule has 0 spiro atoms. The van der Waals surface area contributed by atoms with Crippen LogP contribution < -0.4 is 16.0 Å². The number of carbonyl (C=O) groups is 1. The quantitative estimate of drug-likeness (QED) is 0.740. The Labute approximate surface area is 104 Å². The zero-order chi connectivity index (χ0) is 13.1. The molecule has 1 aromatic heterocycles. The molecule has 0 bridgehead atoms. The molecule has 2 rings (SSSR count). The van der Waals surface area contributed by atoms with Gasteiger partial charge in [-0.25, -0.2) is 0 Å². The van der Waals surface area contributed by atoms with Crippen molar-refractivity contribution < 1.29 is 4.79 Å². The Hall–Kier alpha value is -2.57. The second-order valence-corrected chi connectivity index (χ2v) is 3.96. The lowest BCUT2D eigenvalue weighted by atomic mass is 10.2. The van der Waals surface area contributed by atoms with Crippen molar-refractivity contribution in [1.82, 2.24) is 15.4 Å². The summed E-state index contributed by atoms with van der Waals surface area (Å²) in [5.41, 5.74) is 7.25. The smallest absolute Gasteiger partial charge is 0.280 e. The predicted octanol–water partition coefficient (Wildman–Crippen LogP) is 0.705. The number of anilines is 3. The van der Waals surface area contributed by atoms with E-state index in [4.69, 9.17) is 5.73 Å². The molecule has 1 heterocycles. The molecule has 0 aliphatic carbocycles. The minimum atomic E-state index is -0.392. The van der Waals surface area contributed by atoms with Gasteiger partial charge in [0.1, 0.15) is 0 Å². The fourth-order valence-corrected chi connectivity index (χ4v) is 1.46. The fraction of sp³-hybridized carbons (Fsp3) is 0.182. The van der Waals surface area contributed by atoms with Gasteiger partial charge in [-0.05, 0) is 18.2 Å². The van der Waals surface area contributed by atoms with E-state index in [1.807, 2.05) is 37.2 Å². The van der Waals surface area contributed by atoms with Crippen LogP contribution in [0.15, 0.2) is 24.3 Å². The number of nitrogens with one attached hydrogen (secondary N) is 2. The first kappa shape index (κ1) is 11.9. The average molecular weight is 246 g/mol. The number of benzene rings is 1. The summed E-state index contributed by atoms with van der Waals surface area (Å²) < 4.78 is 0. The maximum atomic E-state index is 11.8. The highest BCUT2D eigenvalue weighted by molar-refractivity contribution is 6.05. The van der Waals surface area contributed by atoms with Gasteiger partial charge in [0.25, 0.3) is 5.91 Å². The van der Waals surface area contributed by atoms with Crippen LogP contribution >= 0.6 is 0 Å². The molecular weight excluding hydrogens is 232 g/mol. The van der Waals surface area contributed by atoms with Crippen molar-refractivity contribution in [3.05, 3.63) is 30.0 Å². The molecule has 0 fully saturated rings. The molecule has 0 unspecified atom stereocenters. The van der Waals surface area contributed by atoms with Gasteiger partial charge in [-0.2, -0.15) is 5.21 Å². The highest BCUT2D eigenvalue weighted by Gasteiger charge is 2.14. The summed E-state index contributed by atoms with van der Waals surface area (Å²) in [6, 6.07) is 7.45. The molecule has 0 saturated heterocycles. The molecule has 2 aromatic rings. The third-order valence-corrected chi connectivity index (χ3v) is 2.41. The summed E-state index contributed by atoms with van der Waals surface area (Å²) in [6.45, 7) is 0. The van der Waals surface area contributed by atoms with E-state index in [0.717, 1.165) is 5.69 Å². The highest BCUT2D eigenvalue weighted by atomic mass is 16.2. The van der Waals surface area contributed by atoms with E-state index in [-0.39, 0.29) is 11.5 Å². The molecular formula is C11H14N6O. The van der Waals surface area contributed by atoms with E-state index in [2.05, 4.69) is 20.7 Å². The topological polar surface area (TPSA) is 99.9 Å². The Morgan fingerprint density at radius 1 is 1.39 bits per heavy atom. The van der Waals surface area contributed by atoms with Crippen molar-refractivity contribution in [2.24, 2.45) is 0 Å². The number of hydrogen-bond acceptors (Lipinski definition) is 5. The second-order valence-electron chi connectivity index (χ2n) is 3.96. The predicted molar refractivity (Wildman–Crippen MR) is 69.5 cm³/mol. The third-order valence-electron chi connectivity index (χ3n) is 2.41. The number of aromatic nitrogens is 3. The lowest BCUT2D eigenvalue weighted by molar-refractivity contribution is 0.102. The van der Waals surface area contributed by atoms with Crippen LogP contribution in [0, 0.1) is 0 Å². The molecule has 0 saturated carbocycles. The first-order valence-electron chi connectivity index (χ1n) is 5.33. The summed E-state index contributed by atoms with van der Waals surface area (Å²) in [5.74, 6) is -0.312. The number of aromatic amines is 1. The number of nitrogen functional groups attached to an aromatic ring is 1. The number of nitrogens with two attached hydrogens (primary N) is 1. The van der Waals surface area contributed by atoms with E-state index in [1.165, 1.54) is 0 Å². The Bertz CT molecular complexity index is 562. The van der Waals surface area contributed by atoms with Crippen LogP contribution in [0.1, 0.15) is 10.5 Å². The number of nitrogens with zero attached hydrogens (tertiary/aromatic N) is 3. The van der Waals surface area contributed by atoms with Crippen molar-refractivity contribution >= 4 is 23.1 Å². The third kappa shape index (κ3) is 2.40. The number of amides is 1. The Balaban J connectivity index is 2.17. The highest BCUT2D eigenvalue weighted by Crippen LogP contribution is 2.18. The van der Waals surface area contributed by atoms with Gasteiger partial charge in [0.15, 0.2) is 11.5 Å². The SMILES string of the molecule is CN(C)c1cccc(NC(=O)c2n[nH]nc2N)c1. The lowest BCUT2D eigenvalue weighted by Gasteiger charge is -2.13. The van der Waals surface area contributed by atoms with Crippen molar-refractivity contribution in [1.29, 1.82) is 0 Å². The normalized spacial score (nSPS) is 10.1. The average Bonchev–Trinajstić information content (AvgIpc) is 2.76. The maximum Gasteiger partial charge on any atom is 0.280 e. The van der Waals surface area contributed by atoms with Crippen LogP contribution in [0.25, 0.3) is 0 Å². The molecule has 1 aromatic carbocycles. The van der Waals surface area contributed by atoms with Gasteiger partial charge < -0.3 is 16.0 Å². The number of H-pyrrole nitrogens is 1. The summed E-state index contributed by atoms with van der Waals surface area (Å²) in [4.78, 5) is 13.8. The van der Waals surface area contributed by atoms with Gasteiger partial charge in [-0.1, -0.05) is 6.07 Å². The van der Waals surface area contributed by atoms with Crippen LogP contribution in [0.3, 0.4) is 0 Å². The molecule has 0 aliphatic rings. The maximum absolute atomic E-state index is 11.8. The first-order valence-corrected chi connectivity index (χ1v) is 5.33. The van der Waals surface area contributed by atoms with Crippen molar-refractivity contribution in [2.75, 3.05) is 30.0 Å². The van der Waals surface area contributed by atoms with Crippen molar-refractivity contribution in [3.8, 4) is 0 Å². The standard InChI is InChI=1S/C11H14N6O/c1-17(2)8-5-3-4-7(6-8)13-11(18)9-10(12)15-16-14-9/h3-6H,1-2H3,(H,13,18)(H3,12,14,15,16). The van der Waals surface area contributed by atoms with Gasteiger partial charge >= 0.3 is 0 Å². The molecule has 0 aliphatic heterocycles. The van der Waals surface area contributed by atoms with Crippen molar-refractivity contribution in [3.63, 3.8) is 0 Å². The Kier molecular flexibility index (Phi) is 3.13. The minimum Gasteiger partial charge on any atom is -0.380 e. The number of carbonyl (C=O) groups excluding carboxylic acids is 1. The summed E-state index contributed by atoms with van der Waals surface area (Å²) in [6.07, 6.45) is 0. The van der Waals surface area contributed by atoms with Crippen LogP contribution in [0.4, 0.5) is 17.2 Å². The fourth-order valence-electron chi connectivity index (χ4n) is 1.46. The Morgan fingerprint density at radius 3 is 2.78 bits per heavy atom. The molecule has 0 radical (unpaired) electrons. The number of rotatable bonds is 3. The van der Waals surface area contributed by atoms with Crippen molar-refractivity contribution in [2.45, 2.75) is 0 Å². The summed E-state index contributed by atoms with van der Waals surface area (Å²) in [5, 5.41) is 12.3. The largest absolute Gasteiger partial charge is 0.380 e. The first-order chi connectivity index (χ1) is 8.58. The summed E-state index contributed by atoms with van der Waals surface area (Å²) in [7, 11) is 3.85. The van der Waals surface area contributed by atoms with Crippen LogP contribution in [-0.4, -0.2) is 35.4 Å². The van der Waals surface area contributed by atoms with Crippen LogP contribution in [0.5, 0.6) is 0 Å². The van der Waals surface area contributed by atoms with Crippen LogP contribution in [0.2, 0.25) is 0 Å². The Morgan fingerprint density at radius 2 is 2.17 bits per heavy atom. The van der Waals surface area contributed by atoms with E-state index >= 15 is 0 Å². The van der Waals surface area contributed by atoms with Gasteiger partial charge in [-0.15, -0.1) is 10.2 Å². The van der Waals surface area contributed by atoms with E-state index in [0.29, 0.717) is 5.69 Å². The van der Waals surface area contributed by atoms with E-state index in [1.54, 1.807) is 6.07 Å².